The zero-order valence-electron chi connectivity index (χ0n) is 32.7. The molecule has 0 bridgehead atoms. The van der Waals surface area contributed by atoms with Crippen molar-refractivity contribution < 1.29 is 19.5 Å². The molecule has 5 aromatic rings. The van der Waals surface area contributed by atoms with Gasteiger partial charge in [-0.3, -0.25) is 19.4 Å². The smallest absolute Gasteiger partial charge is 0.407 e. The van der Waals surface area contributed by atoms with Gasteiger partial charge in [-0.25, -0.2) is 14.8 Å². The summed E-state index contributed by atoms with van der Waals surface area (Å²) in [7, 11) is 1.45. The Morgan fingerprint density at radius 3 is 1.62 bits per heavy atom. The maximum Gasteiger partial charge on any atom is 0.407 e. The number of nitrogens with zero attached hydrogens (tertiary/aromatic N) is 6. The number of nitrogens with one attached hydrogen (secondary N) is 2. The highest BCUT2D eigenvalue weighted by atomic mass is 16.4. The number of likely N-dealkylation sites (tertiary alicyclic amines) is 2. The Hall–Kier alpha value is -5.75. The fraction of sp³-hybridized carbons (Fsp3) is 0.386. The van der Waals surface area contributed by atoms with Gasteiger partial charge in [-0.2, -0.15) is 0 Å². The number of aromatic amines is 2. The second-order valence-electron chi connectivity index (χ2n) is 14.8. The predicted molar refractivity (Wildman–Crippen MR) is 216 cm³/mol. The number of imidazole rings is 2. The van der Waals surface area contributed by atoms with Crippen molar-refractivity contribution in [3.05, 3.63) is 108 Å². The summed E-state index contributed by atoms with van der Waals surface area (Å²) < 4.78 is 0. The molecule has 0 unspecified atom stereocenters. The van der Waals surface area contributed by atoms with E-state index in [1.54, 1.807) is 11.1 Å². The van der Waals surface area contributed by atoms with Gasteiger partial charge in [0.1, 0.15) is 23.7 Å². The number of benzene rings is 3. The number of H-pyrrole nitrogens is 2. The van der Waals surface area contributed by atoms with Crippen LogP contribution >= 0.6 is 0 Å². The van der Waals surface area contributed by atoms with Crippen molar-refractivity contribution in [1.29, 1.82) is 0 Å². The zero-order chi connectivity index (χ0) is 39.3. The van der Waals surface area contributed by atoms with Crippen LogP contribution in [0.2, 0.25) is 0 Å². The first-order valence-electron chi connectivity index (χ1n) is 19.9. The van der Waals surface area contributed by atoms with Gasteiger partial charge in [-0.1, -0.05) is 99.6 Å². The molecule has 3 N–H and O–H groups in total. The normalized spacial score (nSPS) is 18.0. The molecule has 3 aromatic carbocycles. The van der Waals surface area contributed by atoms with Crippen LogP contribution in [-0.2, 0) is 9.59 Å². The Morgan fingerprint density at radius 2 is 1.18 bits per heavy atom. The number of hydrogen-bond acceptors (Lipinski definition) is 6. The first kappa shape index (κ1) is 38.5. The van der Waals surface area contributed by atoms with Gasteiger partial charge in [0, 0.05) is 20.1 Å². The van der Waals surface area contributed by atoms with Gasteiger partial charge in [0.25, 0.3) is 0 Å². The van der Waals surface area contributed by atoms with Gasteiger partial charge in [0.05, 0.1) is 35.9 Å². The highest BCUT2D eigenvalue weighted by molar-refractivity contribution is 5.86. The van der Waals surface area contributed by atoms with Gasteiger partial charge >= 0.3 is 6.09 Å². The van der Waals surface area contributed by atoms with E-state index in [1.165, 1.54) is 7.05 Å². The van der Waals surface area contributed by atoms with Crippen LogP contribution in [-0.4, -0.2) is 102 Å². The molecule has 2 fully saturated rings. The number of aromatic nitrogens is 4. The second kappa shape index (κ2) is 16.9. The summed E-state index contributed by atoms with van der Waals surface area (Å²) in [6, 6.07) is 25.4. The Bertz CT molecular complexity index is 2110. The van der Waals surface area contributed by atoms with E-state index in [-0.39, 0.29) is 29.9 Å². The van der Waals surface area contributed by atoms with Crippen LogP contribution in [0.1, 0.15) is 88.2 Å². The molecule has 0 aliphatic carbocycles. The largest absolute Gasteiger partial charge is 0.465 e. The minimum absolute atomic E-state index is 0.0967. The van der Waals surface area contributed by atoms with Crippen molar-refractivity contribution in [2.75, 3.05) is 33.2 Å². The molecule has 0 spiro atoms. The van der Waals surface area contributed by atoms with E-state index in [4.69, 9.17) is 4.98 Å². The van der Waals surface area contributed by atoms with E-state index < -0.39 is 12.1 Å². The number of carboxylic acid groups (broad SMARTS) is 1. The first-order valence-corrected chi connectivity index (χ1v) is 19.9. The Balaban J connectivity index is 1.02. The van der Waals surface area contributed by atoms with E-state index >= 15 is 0 Å². The molecule has 2 aliphatic heterocycles. The molecular weight excluding hydrogens is 705 g/mol. The van der Waals surface area contributed by atoms with E-state index in [2.05, 4.69) is 94.4 Å². The molecule has 3 amide bonds. The van der Waals surface area contributed by atoms with Gasteiger partial charge in [0.2, 0.25) is 11.8 Å². The summed E-state index contributed by atoms with van der Waals surface area (Å²) in [5.74, 6) is 1.48. The third kappa shape index (κ3) is 7.70. The Kier molecular flexibility index (Phi) is 11.7. The number of likely N-dealkylation sites (N-methyl/N-ethyl adjacent to an activating group) is 2. The number of carbonyl (C=O) groups excluding carboxylic acids is 2. The number of amides is 3. The van der Waals surface area contributed by atoms with Crippen LogP contribution in [0.25, 0.3) is 33.6 Å². The van der Waals surface area contributed by atoms with Gasteiger partial charge in [0.15, 0.2) is 0 Å². The summed E-state index contributed by atoms with van der Waals surface area (Å²) in [5.41, 5.74) is 6.96. The Labute approximate surface area is 328 Å². The fourth-order valence-corrected chi connectivity index (χ4v) is 8.45. The zero-order valence-corrected chi connectivity index (χ0v) is 32.7. The molecule has 0 saturated carbocycles. The van der Waals surface area contributed by atoms with Crippen LogP contribution in [0, 0.1) is 0 Å². The second-order valence-corrected chi connectivity index (χ2v) is 14.8. The number of rotatable bonds is 13. The summed E-state index contributed by atoms with van der Waals surface area (Å²) in [4.78, 5) is 62.7. The summed E-state index contributed by atoms with van der Waals surface area (Å²) in [6.45, 7) is 8.91. The van der Waals surface area contributed by atoms with Crippen molar-refractivity contribution >= 4 is 17.9 Å². The molecule has 0 radical (unpaired) electrons. The highest BCUT2D eigenvalue weighted by Gasteiger charge is 2.39. The third-order valence-corrected chi connectivity index (χ3v) is 11.6. The van der Waals surface area contributed by atoms with Crippen LogP contribution in [0.3, 0.4) is 0 Å². The minimum Gasteiger partial charge on any atom is -0.465 e. The van der Waals surface area contributed by atoms with Crippen LogP contribution < -0.4 is 0 Å². The summed E-state index contributed by atoms with van der Waals surface area (Å²) >= 11 is 0. The maximum absolute atomic E-state index is 14.2. The van der Waals surface area contributed by atoms with Crippen molar-refractivity contribution in [2.24, 2.45) is 0 Å². The van der Waals surface area contributed by atoms with E-state index in [1.807, 2.05) is 36.2 Å². The molecule has 2 saturated heterocycles. The monoisotopic (exact) mass is 756 g/mol. The first-order chi connectivity index (χ1) is 27.2. The quantitative estimate of drug-likeness (QED) is 0.111. The lowest BCUT2D eigenvalue weighted by atomic mass is 10.0. The van der Waals surface area contributed by atoms with E-state index in [9.17, 15) is 19.5 Å². The van der Waals surface area contributed by atoms with E-state index in [0.29, 0.717) is 25.3 Å². The molecule has 4 heterocycles. The lowest BCUT2D eigenvalue weighted by Crippen LogP contribution is -2.48. The van der Waals surface area contributed by atoms with Gasteiger partial charge in [-0.15, -0.1) is 0 Å². The van der Waals surface area contributed by atoms with Crippen LogP contribution in [0.5, 0.6) is 0 Å². The van der Waals surface area contributed by atoms with Crippen molar-refractivity contribution in [3.8, 4) is 33.6 Å². The summed E-state index contributed by atoms with van der Waals surface area (Å²) in [5, 5.41) is 9.48. The average molecular weight is 757 g/mol. The average Bonchev–Trinajstić information content (AvgIpc) is 4.07. The maximum atomic E-state index is 14.2. The van der Waals surface area contributed by atoms with Crippen molar-refractivity contribution in [1.82, 2.24) is 39.5 Å². The molecule has 12 heteroatoms. The standard InChI is InChI=1S/C44H52N8O4/c1-5-36(49(4)44(55)56)42(53)51-25-11-15-37(51)40-45-27-34(47-40)31-21-17-29(18-22-31)30-19-23-32(24-20-30)35-28-46-41(48-35)38-16-12-26-52(38)43(54)39(50(6-2)7-3)33-13-9-8-10-14-33/h8-10,13-14,17-24,27-28,36-39H,5-7,11-12,15-16,25-26H2,1-4H3,(H,45,47)(H,46,48)(H,55,56)/t36-,37+,38+,39-/m1/s1. The lowest BCUT2D eigenvalue weighted by Gasteiger charge is -2.34. The molecule has 2 aliphatic rings. The van der Waals surface area contributed by atoms with Gasteiger partial charge < -0.3 is 24.9 Å². The topological polar surface area (TPSA) is 142 Å². The molecule has 292 valence electrons. The number of hydrogen-bond donors (Lipinski definition) is 3. The van der Waals surface area contributed by atoms with E-state index in [0.717, 1.165) is 88.7 Å². The SMILES string of the molecule is CC[C@H](C(=O)N1CCC[C@H]1c1ncc(-c2ccc(-c3ccc(-c4cnc([C@@H]5CCCN5C(=O)[C@@H](c5ccccc5)N(CC)CC)[nH]4)cc3)cc2)[nH]1)N(C)C(=O)O. The molecule has 4 atom stereocenters. The molecule has 2 aromatic heterocycles. The number of carbonyl (C=O) groups is 3. The third-order valence-electron chi connectivity index (χ3n) is 11.6. The minimum atomic E-state index is -1.11. The predicted octanol–water partition coefficient (Wildman–Crippen LogP) is 7.93. The van der Waals surface area contributed by atoms with Gasteiger partial charge in [-0.05, 0) is 73.0 Å². The molecule has 12 nitrogen and oxygen atoms in total. The highest BCUT2D eigenvalue weighted by Crippen LogP contribution is 2.37. The molecule has 7 rings (SSSR count). The van der Waals surface area contributed by atoms with Crippen LogP contribution in [0.4, 0.5) is 4.79 Å². The van der Waals surface area contributed by atoms with Crippen molar-refractivity contribution in [2.45, 2.75) is 77.0 Å². The lowest BCUT2D eigenvalue weighted by molar-refractivity contribution is -0.138. The molecule has 56 heavy (non-hydrogen) atoms. The van der Waals surface area contributed by atoms with Crippen LogP contribution in [0.15, 0.2) is 91.3 Å². The fourth-order valence-electron chi connectivity index (χ4n) is 8.45. The molecular formula is C44H52N8O4. The van der Waals surface area contributed by atoms with Crippen molar-refractivity contribution in [3.63, 3.8) is 0 Å². The summed E-state index contributed by atoms with van der Waals surface area (Å²) in [6.07, 6.45) is 6.38. The Morgan fingerprint density at radius 1 is 0.714 bits per heavy atom.